The van der Waals surface area contributed by atoms with Gasteiger partial charge in [0.1, 0.15) is 6.54 Å². The topological polar surface area (TPSA) is 70.8 Å². The molecule has 0 saturated carbocycles. The predicted octanol–water partition coefficient (Wildman–Crippen LogP) is 3.34. The molecule has 1 aromatic heterocycles. The van der Waals surface area contributed by atoms with Gasteiger partial charge in [-0.05, 0) is 37.3 Å². The Kier molecular flexibility index (Phi) is 6.52. The summed E-state index contributed by atoms with van der Waals surface area (Å²) in [4.78, 5) is 14.2. The molecule has 0 saturated heterocycles. The number of methoxy groups -OCH3 is 1. The molecule has 7 nitrogen and oxygen atoms in total. The lowest BCUT2D eigenvalue weighted by molar-refractivity contribution is 0.000776. The van der Waals surface area contributed by atoms with Crippen molar-refractivity contribution in [1.82, 2.24) is 19.6 Å². The number of carboxylic acid groups (broad SMARTS) is 1. The summed E-state index contributed by atoms with van der Waals surface area (Å²) in [6, 6.07) is 0. The standard InChI is InChI=1S/C21H32F2N4O3/c1-20(14-30-4)7-5-15(6-8-20)18-16(12-25(2)9-10-26(3)19(28)29)24-27-13-21(22,23)11-17(18)27/h5H,6-14H2,1-4H3,(H,28,29). The first-order chi connectivity index (χ1) is 14.0. The van der Waals surface area contributed by atoms with Crippen molar-refractivity contribution in [2.24, 2.45) is 5.41 Å². The Balaban J connectivity index is 1.82. The van der Waals surface area contributed by atoms with Gasteiger partial charge in [-0.1, -0.05) is 13.0 Å². The molecular weight excluding hydrogens is 394 g/mol. The van der Waals surface area contributed by atoms with Crippen LogP contribution in [0.15, 0.2) is 6.08 Å². The van der Waals surface area contributed by atoms with E-state index in [1.54, 1.807) is 7.11 Å². The second-order valence-corrected chi connectivity index (χ2v) is 9.08. The van der Waals surface area contributed by atoms with Crippen LogP contribution in [-0.2, 0) is 24.2 Å². The predicted molar refractivity (Wildman–Crippen MR) is 110 cm³/mol. The van der Waals surface area contributed by atoms with Crippen LogP contribution in [0.5, 0.6) is 0 Å². The molecule has 3 rings (SSSR count). The average molecular weight is 427 g/mol. The molecular formula is C21H32F2N4O3. The lowest BCUT2D eigenvalue weighted by Gasteiger charge is -2.32. The second kappa shape index (κ2) is 8.63. The van der Waals surface area contributed by atoms with E-state index in [1.807, 2.05) is 11.9 Å². The highest BCUT2D eigenvalue weighted by Crippen LogP contribution is 2.43. The van der Waals surface area contributed by atoms with Gasteiger partial charge in [-0.3, -0.25) is 9.58 Å². The fourth-order valence-electron chi connectivity index (χ4n) is 4.33. The number of halogens is 2. The van der Waals surface area contributed by atoms with Crippen molar-refractivity contribution in [3.63, 3.8) is 0 Å². The molecule has 30 heavy (non-hydrogen) atoms. The Morgan fingerprint density at radius 3 is 2.70 bits per heavy atom. The summed E-state index contributed by atoms with van der Waals surface area (Å²) in [5.74, 6) is -2.76. The summed E-state index contributed by atoms with van der Waals surface area (Å²) in [7, 11) is 5.12. The fourth-order valence-corrected chi connectivity index (χ4v) is 4.33. The molecule has 2 heterocycles. The minimum Gasteiger partial charge on any atom is -0.465 e. The highest BCUT2D eigenvalue weighted by molar-refractivity contribution is 5.71. The number of carbonyl (C=O) groups is 1. The minimum atomic E-state index is -2.76. The normalized spacial score (nSPS) is 22.8. The maximum Gasteiger partial charge on any atom is 0.407 e. The zero-order chi connectivity index (χ0) is 22.1. The summed E-state index contributed by atoms with van der Waals surface area (Å²) in [6.07, 6.45) is 3.50. The van der Waals surface area contributed by atoms with Gasteiger partial charge in [0.05, 0.1) is 24.4 Å². The molecule has 0 fully saturated rings. The van der Waals surface area contributed by atoms with Gasteiger partial charge in [-0.25, -0.2) is 13.6 Å². The van der Waals surface area contributed by atoms with E-state index in [2.05, 4.69) is 18.1 Å². The van der Waals surface area contributed by atoms with Crippen LogP contribution in [0.1, 0.15) is 43.1 Å². The molecule has 0 aromatic carbocycles. The van der Waals surface area contributed by atoms with Gasteiger partial charge >= 0.3 is 6.09 Å². The molecule has 1 unspecified atom stereocenters. The van der Waals surface area contributed by atoms with E-state index in [0.29, 0.717) is 31.9 Å². The molecule has 1 N–H and O–H groups in total. The van der Waals surface area contributed by atoms with E-state index in [-0.39, 0.29) is 18.4 Å². The third kappa shape index (κ3) is 5.00. The molecule has 0 bridgehead atoms. The molecule has 1 aromatic rings. The van der Waals surface area contributed by atoms with Gasteiger partial charge in [0, 0.05) is 39.4 Å². The lowest BCUT2D eigenvalue weighted by atomic mass is 9.75. The Labute approximate surface area is 176 Å². The van der Waals surface area contributed by atoms with Crippen LogP contribution in [0.4, 0.5) is 13.6 Å². The number of fused-ring (bicyclic) bond motifs is 1. The molecule has 0 spiro atoms. The Morgan fingerprint density at radius 1 is 1.37 bits per heavy atom. The second-order valence-electron chi connectivity index (χ2n) is 9.08. The third-order valence-electron chi connectivity index (χ3n) is 6.15. The number of alkyl halides is 2. The van der Waals surface area contributed by atoms with Crippen LogP contribution in [0.2, 0.25) is 0 Å². The number of amides is 1. The fraction of sp³-hybridized carbons (Fsp3) is 0.714. The van der Waals surface area contributed by atoms with E-state index in [0.717, 1.165) is 36.1 Å². The summed E-state index contributed by atoms with van der Waals surface area (Å²) in [5.41, 5.74) is 3.44. The highest BCUT2D eigenvalue weighted by atomic mass is 19.3. The number of allylic oxidation sites excluding steroid dienone is 2. The van der Waals surface area contributed by atoms with Crippen LogP contribution in [0, 0.1) is 5.41 Å². The van der Waals surface area contributed by atoms with E-state index < -0.39 is 12.0 Å². The first kappa shape index (κ1) is 22.7. The van der Waals surface area contributed by atoms with Crippen molar-refractivity contribution in [1.29, 1.82) is 0 Å². The van der Waals surface area contributed by atoms with Crippen molar-refractivity contribution in [2.45, 2.75) is 51.6 Å². The first-order valence-electron chi connectivity index (χ1n) is 10.3. The maximum absolute atomic E-state index is 14.1. The van der Waals surface area contributed by atoms with Gasteiger partial charge in [0.2, 0.25) is 0 Å². The molecule has 0 radical (unpaired) electrons. The van der Waals surface area contributed by atoms with Gasteiger partial charge in [-0.2, -0.15) is 5.10 Å². The number of nitrogens with zero attached hydrogens (tertiary/aromatic N) is 4. The van der Waals surface area contributed by atoms with Crippen LogP contribution >= 0.6 is 0 Å². The lowest BCUT2D eigenvalue weighted by Crippen LogP contribution is -2.33. The summed E-state index contributed by atoms with van der Waals surface area (Å²) >= 11 is 0. The smallest absolute Gasteiger partial charge is 0.407 e. The van der Waals surface area contributed by atoms with Crippen molar-refractivity contribution in [3.8, 4) is 0 Å². The molecule has 9 heteroatoms. The van der Waals surface area contributed by atoms with Crippen molar-refractivity contribution in [3.05, 3.63) is 23.0 Å². The molecule has 168 valence electrons. The van der Waals surface area contributed by atoms with E-state index >= 15 is 0 Å². The Morgan fingerprint density at radius 2 is 2.10 bits per heavy atom. The zero-order valence-corrected chi connectivity index (χ0v) is 18.2. The van der Waals surface area contributed by atoms with Gasteiger partial charge in [-0.15, -0.1) is 0 Å². The van der Waals surface area contributed by atoms with E-state index in [1.165, 1.54) is 16.6 Å². The average Bonchev–Trinajstić information content (AvgIpc) is 3.11. The molecule has 1 atom stereocenters. The van der Waals surface area contributed by atoms with Crippen molar-refractivity contribution in [2.75, 3.05) is 40.9 Å². The molecule has 2 aliphatic rings. The summed E-state index contributed by atoms with van der Waals surface area (Å²) in [6.45, 7) is 3.87. The quantitative estimate of drug-likeness (QED) is 0.690. The highest BCUT2D eigenvalue weighted by Gasteiger charge is 2.42. The van der Waals surface area contributed by atoms with E-state index in [9.17, 15) is 13.6 Å². The van der Waals surface area contributed by atoms with Gasteiger partial charge < -0.3 is 14.7 Å². The Bertz CT molecular complexity index is 823. The third-order valence-corrected chi connectivity index (χ3v) is 6.15. The van der Waals surface area contributed by atoms with Crippen LogP contribution in [0.25, 0.3) is 5.57 Å². The summed E-state index contributed by atoms with van der Waals surface area (Å²) in [5, 5.41) is 13.5. The number of hydrogen-bond donors (Lipinski definition) is 1. The van der Waals surface area contributed by atoms with Crippen molar-refractivity contribution >= 4 is 11.7 Å². The monoisotopic (exact) mass is 426 g/mol. The number of likely N-dealkylation sites (N-methyl/N-ethyl adjacent to an activating group) is 2. The Hall–Kier alpha value is -2.00. The van der Waals surface area contributed by atoms with Crippen molar-refractivity contribution < 1.29 is 23.4 Å². The number of aromatic nitrogens is 2. The van der Waals surface area contributed by atoms with E-state index in [4.69, 9.17) is 9.84 Å². The first-order valence-corrected chi connectivity index (χ1v) is 10.3. The number of rotatable bonds is 8. The van der Waals surface area contributed by atoms with Crippen LogP contribution in [-0.4, -0.2) is 77.6 Å². The van der Waals surface area contributed by atoms with Gasteiger partial charge in [0.25, 0.3) is 5.92 Å². The zero-order valence-electron chi connectivity index (χ0n) is 18.2. The molecule has 1 aliphatic carbocycles. The number of hydrogen-bond acceptors (Lipinski definition) is 4. The minimum absolute atomic E-state index is 0.0664. The van der Waals surface area contributed by atoms with Crippen LogP contribution in [0.3, 0.4) is 0 Å². The summed E-state index contributed by atoms with van der Waals surface area (Å²) < 4.78 is 34.9. The molecule has 1 aliphatic heterocycles. The maximum atomic E-state index is 14.1. The SMILES string of the molecule is COCC1(C)CC=C(c2c(CN(C)CCN(C)C(=O)O)nn3c2CC(F)(F)C3)CC1. The van der Waals surface area contributed by atoms with Crippen LogP contribution < -0.4 is 0 Å². The largest absolute Gasteiger partial charge is 0.465 e. The number of ether oxygens (including phenoxy) is 1. The van der Waals surface area contributed by atoms with Gasteiger partial charge in [0.15, 0.2) is 0 Å². The molecule has 1 amide bonds.